The van der Waals surface area contributed by atoms with Crippen molar-refractivity contribution in [1.82, 2.24) is 0 Å². The molecule has 10 nitrogen and oxygen atoms in total. The molecule has 146 valence electrons. The van der Waals surface area contributed by atoms with Gasteiger partial charge in [-0.3, -0.25) is 0 Å². The first-order valence-corrected chi connectivity index (χ1v) is 8.32. The molecule has 2 aliphatic heterocycles. The maximum absolute atomic E-state index is 9.97. The second kappa shape index (κ2) is 8.03. The number of hydrogen-bond donors (Lipinski definition) is 8. The summed E-state index contributed by atoms with van der Waals surface area (Å²) in [6, 6.07) is 6.77. The van der Waals surface area contributed by atoms with Gasteiger partial charge in [-0.05, 0) is 18.2 Å². The van der Waals surface area contributed by atoms with Crippen LogP contribution in [0.25, 0.3) is 0 Å². The first-order chi connectivity index (χ1) is 12.4. The zero-order valence-electron chi connectivity index (χ0n) is 13.8. The number of hydrogen-bond acceptors (Lipinski definition) is 10. The zero-order chi connectivity index (χ0) is 18.8. The van der Waals surface area contributed by atoms with Crippen LogP contribution in [0.15, 0.2) is 24.3 Å². The summed E-state index contributed by atoms with van der Waals surface area (Å²) in [5, 5.41) is 63.6. The summed E-state index contributed by atoms with van der Waals surface area (Å²) in [6.07, 6.45) is -8.34. The van der Waals surface area contributed by atoms with Gasteiger partial charge in [-0.2, -0.15) is 0 Å². The van der Waals surface area contributed by atoms with Crippen molar-refractivity contribution in [2.24, 2.45) is 0 Å². The summed E-state index contributed by atoms with van der Waals surface area (Å²) in [5.41, 5.74) is 1.10. The van der Waals surface area contributed by atoms with Crippen molar-refractivity contribution in [2.45, 2.75) is 49.1 Å². The van der Waals surface area contributed by atoms with Crippen molar-refractivity contribution in [2.75, 3.05) is 23.8 Å². The van der Waals surface area contributed by atoms with E-state index in [0.29, 0.717) is 11.4 Å². The summed E-state index contributed by atoms with van der Waals surface area (Å²) in [6.45, 7) is -0.827. The van der Waals surface area contributed by atoms with Gasteiger partial charge in [0.2, 0.25) is 0 Å². The molecule has 0 unspecified atom stereocenters. The molecule has 2 aliphatic rings. The molecular formula is C16H24N2O8. The molecule has 3 rings (SSSR count). The number of anilines is 2. The van der Waals surface area contributed by atoms with Crippen molar-refractivity contribution >= 4 is 11.4 Å². The van der Waals surface area contributed by atoms with E-state index in [0.717, 1.165) is 0 Å². The van der Waals surface area contributed by atoms with E-state index >= 15 is 0 Å². The summed E-state index contributed by atoms with van der Waals surface area (Å²) >= 11 is 0. The Hall–Kier alpha value is -1.50. The van der Waals surface area contributed by atoms with Crippen molar-refractivity contribution in [3.8, 4) is 0 Å². The van der Waals surface area contributed by atoms with Gasteiger partial charge in [0.15, 0.2) is 12.5 Å². The highest BCUT2D eigenvalue weighted by molar-refractivity contribution is 5.57. The predicted molar refractivity (Wildman–Crippen MR) is 89.2 cm³/mol. The average Bonchev–Trinajstić information content (AvgIpc) is 3.06. The highest BCUT2D eigenvalue weighted by atomic mass is 16.6. The van der Waals surface area contributed by atoms with E-state index in [1.807, 2.05) is 0 Å². The molecule has 8 atom stereocenters. The Labute approximate surface area is 149 Å². The molecule has 0 spiro atoms. The molecule has 0 bridgehead atoms. The Morgan fingerprint density at radius 2 is 1.15 bits per heavy atom. The fourth-order valence-electron chi connectivity index (χ4n) is 3.06. The largest absolute Gasteiger partial charge is 0.394 e. The first-order valence-electron chi connectivity index (χ1n) is 8.32. The Bertz CT molecular complexity index is 558. The average molecular weight is 372 g/mol. The lowest BCUT2D eigenvalue weighted by molar-refractivity contribution is -0.0154. The van der Waals surface area contributed by atoms with Gasteiger partial charge in [-0.1, -0.05) is 6.07 Å². The molecule has 0 saturated carbocycles. The van der Waals surface area contributed by atoms with Crippen LogP contribution in [0, 0.1) is 0 Å². The van der Waals surface area contributed by atoms with Gasteiger partial charge in [-0.15, -0.1) is 0 Å². The highest BCUT2D eigenvalue weighted by Crippen LogP contribution is 2.26. The van der Waals surface area contributed by atoms with Crippen LogP contribution in [0.2, 0.25) is 0 Å². The molecule has 26 heavy (non-hydrogen) atoms. The lowest BCUT2D eigenvalue weighted by Crippen LogP contribution is -2.37. The number of benzene rings is 1. The number of aliphatic hydroxyl groups excluding tert-OH is 6. The van der Waals surface area contributed by atoms with Crippen LogP contribution in [0.5, 0.6) is 0 Å². The Balaban J connectivity index is 1.64. The maximum Gasteiger partial charge on any atom is 0.157 e. The van der Waals surface area contributed by atoms with Gasteiger partial charge in [0.1, 0.15) is 36.6 Å². The molecule has 0 radical (unpaired) electrons. The standard InChI is InChI=1S/C16H24N2O8/c19-5-9-11(21)13(23)15(25-9)17-7-2-1-3-8(4-7)18-16-14(24)12(22)10(6-20)26-16/h1-4,9-24H,5-6H2/t9-,10+,11-,12+,13-,14-,15+,16-/m0/s1. The lowest BCUT2D eigenvalue weighted by Gasteiger charge is -2.20. The number of nitrogens with one attached hydrogen (secondary N) is 2. The molecule has 10 heteroatoms. The van der Waals surface area contributed by atoms with Gasteiger partial charge in [0, 0.05) is 11.4 Å². The summed E-state index contributed by atoms with van der Waals surface area (Å²) < 4.78 is 10.7. The lowest BCUT2D eigenvalue weighted by atomic mass is 10.1. The normalized spacial score (nSPS) is 39.9. The molecule has 1 aromatic rings. The minimum absolute atomic E-state index is 0.413. The zero-order valence-corrected chi connectivity index (χ0v) is 13.8. The second-order valence-electron chi connectivity index (χ2n) is 6.39. The molecule has 0 aromatic heterocycles. The topological polar surface area (TPSA) is 164 Å². The van der Waals surface area contributed by atoms with Gasteiger partial charge in [0.05, 0.1) is 13.2 Å². The molecule has 0 amide bonds. The maximum atomic E-state index is 9.97. The third kappa shape index (κ3) is 3.77. The fourth-order valence-corrected chi connectivity index (χ4v) is 3.06. The number of rotatable bonds is 6. The quantitative estimate of drug-likeness (QED) is 0.265. The van der Waals surface area contributed by atoms with Crippen LogP contribution in [0.1, 0.15) is 0 Å². The van der Waals surface area contributed by atoms with Crippen LogP contribution in [-0.2, 0) is 9.47 Å². The third-order valence-electron chi connectivity index (χ3n) is 4.57. The van der Waals surface area contributed by atoms with E-state index < -0.39 is 62.3 Å². The smallest absolute Gasteiger partial charge is 0.157 e. The van der Waals surface area contributed by atoms with Crippen LogP contribution < -0.4 is 10.6 Å². The molecule has 2 saturated heterocycles. The monoisotopic (exact) mass is 372 g/mol. The Morgan fingerprint density at radius 3 is 1.50 bits per heavy atom. The number of aliphatic hydroxyl groups is 6. The number of ether oxygens (including phenoxy) is 2. The minimum atomic E-state index is -1.20. The van der Waals surface area contributed by atoms with E-state index in [9.17, 15) is 20.4 Å². The van der Waals surface area contributed by atoms with Gasteiger partial charge < -0.3 is 50.7 Å². The Kier molecular flexibility index (Phi) is 5.95. The van der Waals surface area contributed by atoms with Gasteiger partial charge >= 0.3 is 0 Å². The van der Waals surface area contributed by atoms with E-state index in [4.69, 9.17) is 19.7 Å². The Morgan fingerprint density at radius 1 is 0.731 bits per heavy atom. The molecular weight excluding hydrogens is 348 g/mol. The predicted octanol–water partition coefficient (Wildman–Crippen LogP) is -2.61. The molecule has 2 fully saturated rings. The van der Waals surface area contributed by atoms with Crippen molar-refractivity contribution in [1.29, 1.82) is 0 Å². The van der Waals surface area contributed by atoms with E-state index in [1.54, 1.807) is 24.3 Å². The van der Waals surface area contributed by atoms with Crippen molar-refractivity contribution in [3.05, 3.63) is 24.3 Å². The van der Waals surface area contributed by atoms with Crippen LogP contribution in [0.4, 0.5) is 11.4 Å². The minimum Gasteiger partial charge on any atom is -0.394 e. The summed E-state index contributed by atoms with van der Waals surface area (Å²) in [4.78, 5) is 0. The third-order valence-corrected chi connectivity index (χ3v) is 4.57. The van der Waals surface area contributed by atoms with Gasteiger partial charge in [0.25, 0.3) is 0 Å². The molecule has 2 heterocycles. The van der Waals surface area contributed by atoms with E-state index in [-0.39, 0.29) is 0 Å². The molecule has 0 aliphatic carbocycles. The van der Waals surface area contributed by atoms with E-state index in [1.165, 1.54) is 0 Å². The molecule has 1 aromatic carbocycles. The van der Waals surface area contributed by atoms with Crippen molar-refractivity contribution < 1.29 is 40.1 Å². The first kappa shape index (κ1) is 19.3. The summed E-state index contributed by atoms with van der Waals surface area (Å²) in [5.74, 6) is 0. The fraction of sp³-hybridized carbons (Fsp3) is 0.625. The molecule has 8 N–H and O–H groups in total. The SMILES string of the molecule is OC[C@@H]1O[C@@H](Nc2cccc(N[C@H]3O[C@H](CO)[C@@H](O)[C@@H]3O)c2)[C@@H](O)[C@H]1O. The van der Waals surface area contributed by atoms with Gasteiger partial charge in [-0.25, -0.2) is 0 Å². The summed E-state index contributed by atoms with van der Waals surface area (Å²) in [7, 11) is 0. The van der Waals surface area contributed by atoms with Crippen LogP contribution >= 0.6 is 0 Å². The van der Waals surface area contributed by atoms with Crippen molar-refractivity contribution in [3.63, 3.8) is 0 Å². The highest BCUT2D eigenvalue weighted by Gasteiger charge is 2.43. The van der Waals surface area contributed by atoms with E-state index in [2.05, 4.69) is 10.6 Å². The second-order valence-corrected chi connectivity index (χ2v) is 6.39. The van der Waals surface area contributed by atoms with Crippen LogP contribution in [-0.4, -0.2) is 92.9 Å². The van der Waals surface area contributed by atoms with Crippen LogP contribution in [0.3, 0.4) is 0 Å².